The maximum Gasteiger partial charge on any atom is 0.262 e. The third-order valence-corrected chi connectivity index (χ3v) is 15.3. The molecule has 0 atom stereocenters. The highest BCUT2D eigenvalue weighted by Crippen LogP contribution is 2.37. The Balaban J connectivity index is 0.000000161. The van der Waals surface area contributed by atoms with Crippen LogP contribution in [0.15, 0.2) is 56.8 Å². The molecule has 2 aliphatic rings. The highest BCUT2D eigenvalue weighted by molar-refractivity contribution is 6.41. The zero-order valence-electron chi connectivity index (χ0n) is 40.9. The average Bonchev–Trinajstić information content (AvgIpc) is 3.36. The molecule has 7 aromatic rings. The number of fused-ring (bicyclic) bond motifs is 3. The Hall–Kier alpha value is -4.75. The molecular weight excluding hydrogens is 1070 g/mol. The van der Waals surface area contributed by atoms with Gasteiger partial charge in [0.05, 0.1) is 65.9 Å². The van der Waals surface area contributed by atoms with Crippen LogP contribution in [-0.4, -0.2) is 80.0 Å². The lowest BCUT2D eigenvalue weighted by Crippen LogP contribution is -2.35. The number of nitrogens with zero attached hydrogens (tertiary/aromatic N) is 8. The lowest BCUT2D eigenvalue weighted by atomic mass is 9.94. The van der Waals surface area contributed by atoms with Crippen molar-refractivity contribution in [2.45, 2.75) is 102 Å². The molecule has 0 unspecified atom stereocenters. The van der Waals surface area contributed by atoms with Gasteiger partial charge in [0.15, 0.2) is 17.2 Å². The maximum absolute atomic E-state index is 13.0. The van der Waals surface area contributed by atoms with Crippen molar-refractivity contribution < 1.29 is 19.7 Å². The molecule has 0 saturated heterocycles. The van der Waals surface area contributed by atoms with Crippen LogP contribution in [0.3, 0.4) is 0 Å². The van der Waals surface area contributed by atoms with E-state index in [1.807, 2.05) is 11.9 Å². The first-order chi connectivity index (χ1) is 34.7. The van der Waals surface area contributed by atoms with Crippen molar-refractivity contribution in [2.24, 2.45) is 21.1 Å². The SMILES string of the molecule is CN(Cc1ccc(F)cc1)Cc1nc2c(O)c(Cl)cc(Cl)c2c(=O)n1C.CN(Cc1nc2c(O)c(Cl)cc(Cl)c2c(=O)n1C)C1CCCCC1.Cn1c(CNC2CCCCC2)nc2c(O)c(Cl)cc(Cl)c2c1=O. The molecule has 0 aliphatic heterocycles. The van der Waals surface area contributed by atoms with Crippen LogP contribution in [0, 0.1) is 5.82 Å². The molecule has 3 heterocycles. The molecule has 0 spiro atoms. The van der Waals surface area contributed by atoms with Crippen molar-refractivity contribution in [3.05, 3.63) is 133 Å². The summed E-state index contributed by atoms with van der Waals surface area (Å²) in [5, 5.41) is 35.2. The fourth-order valence-corrected chi connectivity index (χ4v) is 10.9. The van der Waals surface area contributed by atoms with E-state index in [9.17, 15) is 34.1 Å². The van der Waals surface area contributed by atoms with E-state index in [2.05, 4.69) is 32.2 Å². The molecule has 22 heteroatoms. The number of benzene rings is 4. The van der Waals surface area contributed by atoms with E-state index < -0.39 is 0 Å². The second-order valence-corrected chi connectivity index (χ2v) is 21.1. The first kappa shape index (κ1) is 56.0. The summed E-state index contributed by atoms with van der Waals surface area (Å²) >= 11 is 36.2. The molecule has 2 saturated carbocycles. The van der Waals surface area contributed by atoms with Gasteiger partial charge in [-0.25, -0.2) is 19.3 Å². The van der Waals surface area contributed by atoms with Gasteiger partial charge in [-0.15, -0.1) is 0 Å². The van der Waals surface area contributed by atoms with Gasteiger partial charge >= 0.3 is 0 Å². The van der Waals surface area contributed by atoms with Gasteiger partial charge < -0.3 is 20.6 Å². The van der Waals surface area contributed by atoms with Gasteiger partial charge in [-0.05, 0) is 75.7 Å². The van der Waals surface area contributed by atoms with Crippen LogP contribution in [0.4, 0.5) is 4.39 Å². The Morgan fingerprint density at radius 2 is 0.945 bits per heavy atom. The van der Waals surface area contributed by atoms with Crippen LogP contribution >= 0.6 is 69.6 Å². The zero-order chi connectivity index (χ0) is 53.0. The van der Waals surface area contributed by atoms with Crippen LogP contribution in [-0.2, 0) is 47.3 Å². The normalized spacial score (nSPS) is 14.5. The van der Waals surface area contributed by atoms with Crippen LogP contribution < -0.4 is 22.0 Å². The van der Waals surface area contributed by atoms with Crippen LogP contribution in [0.2, 0.25) is 30.1 Å². The standard InChI is InChI=1S/C18H16Cl2FN3O2.C17H21Cl2N3O2.C16H19Cl2N3O2/c1-23(8-10-3-5-11(21)6-4-10)9-14-22-16-15(18(26)24(14)2)12(19)7-13(20)17(16)25;1-21(10-6-4-3-5-7-10)9-13-20-15-14(17(24)22(13)2)11(18)8-12(19)16(15)23;1-21-12(8-19-9-5-3-2-4-6-9)20-14-13(16(21)23)10(17)7-11(18)15(14)22/h3-7,25H,8-9H2,1-2H3;8,10,23H,3-7,9H2,1-2H3;7,9,19,22H,2-6,8H2,1H3. The monoisotopic (exact) mass is 1120 g/mol. The molecule has 3 aromatic heterocycles. The van der Waals surface area contributed by atoms with Gasteiger partial charge in [-0.1, -0.05) is 120 Å². The summed E-state index contributed by atoms with van der Waals surface area (Å²) in [6, 6.07) is 11.2. The van der Waals surface area contributed by atoms with Crippen molar-refractivity contribution in [3.8, 4) is 17.2 Å². The molecule has 0 bridgehead atoms. The molecule has 9 rings (SSSR count). The number of nitrogens with one attached hydrogen (secondary N) is 1. The first-order valence-corrected chi connectivity index (χ1v) is 26.0. The summed E-state index contributed by atoms with van der Waals surface area (Å²) in [7, 11) is 8.84. The zero-order valence-corrected chi connectivity index (χ0v) is 45.4. The average molecular weight is 1120 g/mol. The number of phenols is 3. The third-order valence-electron chi connectivity index (χ3n) is 13.5. The molecule has 15 nitrogen and oxygen atoms in total. The minimum atomic E-state index is -0.364. The van der Waals surface area contributed by atoms with Gasteiger partial charge in [-0.3, -0.25) is 37.9 Å². The van der Waals surface area contributed by atoms with E-state index in [4.69, 9.17) is 69.6 Å². The second kappa shape index (κ2) is 24.3. The first-order valence-electron chi connectivity index (χ1n) is 23.7. The number of hydrogen-bond acceptors (Lipinski definition) is 12. The van der Waals surface area contributed by atoms with Gasteiger partial charge in [0.1, 0.15) is 39.8 Å². The minimum Gasteiger partial charge on any atom is -0.504 e. The van der Waals surface area contributed by atoms with Crippen LogP contribution in [0.25, 0.3) is 32.7 Å². The lowest BCUT2D eigenvalue weighted by molar-refractivity contribution is 0.179. The van der Waals surface area contributed by atoms with Crippen LogP contribution in [0.1, 0.15) is 87.2 Å². The van der Waals surface area contributed by atoms with E-state index in [0.29, 0.717) is 55.7 Å². The second-order valence-electron chi connectivity index (χ2n) is 18.6. The third kappa shape index (κ3) is 12.7. The molecule has 0 radical (unpaired) electrons. The van der Waals surface area contributed by atoms with E-state index >= 15 is 0 Å². The number of phenolic OH excluding ortho intramolecular Hbond substituents is 3. The number of rotatable bonds is 10. The Kier molecular flexibility index (Phi) is 18.6. The molecule has 0 amide bonds. The molecule has 4 aromatic carbocycles. The number of aromatic hydroxyl groups is 3. The quantitative estimate of drug-likeness (QED) is 0.102. The maximum atomic E-state index is 13.0. The molecule has 390 valence electrons. The Labute approximate surface area is 450 Å². The fraction of sp³-hybridized carbons (Fsp3) is 0.412. The van der Waals surface area contributed by atoms with E-state index in [1.165, 1.54) is 95.4 Å². The molecule has 73 heavy (non-hydrogen) atoms. The summed E-state index contributed by atoms with van der Waals surface area (Å²) in [6.45, 7) is 1.88. The Bertz CT molecular complexity index is 3360. The molecular formula is C51H56Cl6FN9O6. The molecule has 2 fully saturated rings. The van der Waals surface area contributed by atoms with E-state index in [1.54, 1.807) is 33.3 Å². The Morgan fingerprint density at radius 1 is 0.562 bits per heavy atom. The summed E-state index contributed by atoms with van der Waals surface area (Å²) in [6.07, 6.45) is 12.1. The molecule has 2 aliphatic carbocycles. The number of hydrogen-bond donors (Lipinski definition) is 4. The highest BCUT2D eigenvalue weighted by Gasteiger charge is 2.24. The van der Waals surface area contributed by atoms with Crippen molar-refractivity contribution in [1.82, 2.24) is 43.8 Å². The topological polar surface area (TPSA) is 184 Å². The largest absolute Gasteiger partial charge is 0.504 e. The lowest BCUT2D eigenvalue weighted by Gasteiger charge is -2.31. The summed E-state index contributed by atoms with van der Waals surface area (Å²) in [5.74, 6) is 0.625. The summed E-state index contributed by atoms with van der Waals surface area (Å²) in [4.78, 5) is 55.3. The van der Waals surface area contributed by atoms with Gasteiger partial charge in [0.25, 0.3) is 16.7 Å². The predicted octanol–water partition coefficient (Wildman–Crippen LogP) is 10.8. The summed E-state index contributed by atoms with van der Waals surface area (Å²) < 4.78 is 17.4. The highest BCUT2D eigenvalue weighted by atomic mass is 35.5. The van der Waals surface area contributed by atoms with Crippen molar-refractivity contribution in [1.29, 1.82) is 0 Å². The predicted molar refractivity (Wildman–Crippen MR) is 290 cm³/mol. The van der Waals surface area contributed by atoms with Gasteiger partial charge in [-0.2, -0.15) is 0 Å². The molecule has 4 N–H and O–H groups in total. The number of halogens is 7. The smallest absolute Gasteiger partial charge is 0.262 e. The number of aromatic nitrogens is 6. The van der Waals surface area contributed by atoms with Crippen molar-refractivity contribution in [3.63, 3.8) is 0 Å². The van der Waals surface area contributed by atoms with Crippen molar-refractivity contribution in [2.75, 3.05) is 14.1 Å². The van der Waals surface area contributed by atoms with Crippen LogP contribution in [0.5, 0.6) is 17.2 Å². The Morgan fingerprint density at radius 3 is 1.38 bits per heavy atom. The summed E-state index contributed by atoms with van der Waals surface area (Å²) in [5.41, 5.74) is 0.409. The van der Waals surface area contributed by atoms with Gasteiger partial charge in [0, 0.05) is 39.8 Å². The minimum absolute atomic E-state index is 0.0360. The van der Waals surface area contributed by atoms with E-state index in [-0.39, 0.29) is 103 Å². The fourth-order valence-electron chi connectivity index (χ4n) is 9.25. The van der Waals surface area contributed by atoms with E-state index in [0.717, 1.165) is 18.4 Å². The van der Waals surface area contributed by atoms with Gasteiger partial charge in [0.2, 0.25) is 0 Å². The van der Waals surface area contributed by atoms with Crippen molar-refractivity contribution >= 4 is 102 Å².